The number of ether oxygens (including phenoxy) is 2. The highest BCUT2D eigenvalue weighted by molar-refractivity contribution is 7.99. The molecular weight excluding hydrogens is 304 g/mol. The minimum absolute atomic E-state index is 0.0983. The molecule has 0 saturated carbocycles. The molecule has 0 spiro atoms. The van der Waals surface area contributed by atoms with Crippen molar-refractivity contribution in [2.24, 2.45) is 0 Å². The molecule has 2 aromatic rings. The lowest BCUT2D eigenvalue weighted by atomic mass is 10.2. The Morgan fingerprint density at radius 3 is 2.45 bits per heavy atom. The van der Waals surface area contributed by atoms with Gasteiger partial charge in [0, 0.05) is 11.0 Å². The highest BCUT2D eigenvalue weighted by atomic mass is 32.2. The van der Waals surface area contributed by atoms with E-state index in [9.17, 15) is 10.1 Å². The Bertz CT molecular complexity index is 756. The van der Waals surface area contributed by atoms with Crippen molar-refractivity contribution >= 4 is 17.4 Å². The van der Waals surface area contributed by atoms with Crippen molar-refractivity contribution in [1.82, 2.24) is 0 Å². The summed E-state index contributed by atoms with van der Waals surface area (Å²) in [6, 6.07) is 11.5. The van der Waals surface area contributed by atoms with E-state index in [2.05, 4.69) is 0 Å². The van der Waals surface area contributed by atoms with Gasteiger partial charge in [0.2, 0.25) is 0 Å². The molecular formula is C15H12N2O4S. The Morgan fingerprint density at radius 1 is 1.14 bits per heavy atom. The number of hydrogen-bond acceptors (Lipinski definition) is 6. The molecule has 22 heavy (non-hydrogen) atoms. The smallest absolute Gasteiger partial charge is 0.284 e. The molecule has 0 aliphatic carbocycles. The summed E-state index contributed by atoms with van der Waals surface area (Å²) < 4.78 is 10.4. The second kappa shape index (κ2) is 6.83. The highest BCUT2D eigenvalue weighted by Gasteiger charge is 2.16. The van der Waals surface area contributed by atoms with Crippen molar-refractivity contribution in [3.8, 4) is 17.6 Å². The molecule has 112 valence electrons. The van der Waals surface area contributed by atoms with Crippen LogP contribution in [0.1, 0.15) is 5.56 Å². The molecule has 0 aliphatic rings. The van der Waals surface area contributed by atoms with Gasteiger partial charge in [0.25, 0.3) is 5.69 Å². The molecule has 0 amide bonds. The normalized spacial score (nSPS) is 9.86. The lowest BCUT2D eigenvalue weighted by molar-refractivity contribution is -0.387. The summed E-state index contributed by atoms with van der Waals surface area (Å²) in [4.78, 5) is 11.9. The molecule has 0 aromatic heterocycles. The van der Waals surface area contributed by atoms with E-state index in [-0.39, 0.29) is 11.3 Å². The first kappa shape index (κ1) is 15.7. The Morgan fingerprint density at radius 2 is 1.86 bits per heavy atom. The van der Waals surface area contributed by atoms with E-state index in [0.29, 0.717) is 16.4 Å². The molecule has 0 saturated heterocycles. The first-order valence-electron chi connectivity index (χ1n) is 6.17. The molecule has 0 N–H and O–H groups in total. The Hall–Kier alpha value is -2.72. The van der Waals surface area contributed by atoms with E-state index in [1.165, 1.54) is 32.0 Å². The molecule has 2 aromatic carbocycles. The number of hydrogen-bond donors (Lipinski definition) is 0. The maximum Gasteiger partial charge on any atom is 0.284 e. The molecule has 2 rings (SSSR count). The lowest BCUT2D eigenvalue weighted by Gasteiger charge is -2.09. The summed E-state index contributed by atoms with van der Waals surface area (Å²) >= 11 is 1.22. The average molecular weight is 316 g/mol. The van der Waals surface area contributed by atoms with Crippen molar-refractivity contribution < 1.29 is 14.4 Å². The number of nitro groups is 1. The summed E-state index contributed by atoms with van der Waals surface area (Å²) in [5.74, 6) is 1.13. The number of nitrogens with zero attached hydrogens (tertiary/aromatic N) is 2. The maximum absolute atomic E-state index is 11.1. The third-order valence-corrected chi connectivity index (χ3v) is 3.92. The predicted octanol–water partition coefficient (Wildman–Crippen LogP) is 3.63. The third-order valence-electron chi connectivity index (χ3n) is 2.87. The average Bonchev–Trinajstić information content (AvgIpc) is 2.54. The first-order chi connectivity index (χ1) is 10.6. The zero-order valence-electron chi connectivity index (χ0n) is 11.9. The van der Waals surface area contributed by atoms with Crippen LogP contribution in [0.2, 0.25) is 0 Å². The van der Waals surface area contributed by atoms with Gasteiger partial charge >= 0.3 is 0 Å². The minimum atomic E-state index is -0.496. The van der Waals surface area contributed by atoms with E-state index >= 15 is 0 Å². The fourth-order valence-electron chi connectivity index (χ4n) is 1.82. The van der Waals surface area contributed by atoms with E-state index in [1.807, 2.05) is 6.07 Å². The van der Waals surface area contributed by atoms with Crippen molar-refractivity contribution in [2.45, 2.75) is 9.79 Å². The highest BCUT2D eigenvalue weighted by Crippen LogP contribution is 2.38. The SMILES string of the molecule is COc1ccc(Sc2ccc(C#N)cc2[N+](=O)[O-])cc1OC. The van der Waals surface area contributed by atoms with Gasteiger partial charge in [0.05, 0.1) is 35.7 Å². The molecule has 0 radical (unpaired) electrons. The van der Waals surface area contributed by atoms with Crippen molar-refractivity contribution in [1.29, 1.82) is 5.26 Å². The summed E-state index contributed by atoms with van der Waals surface area (Å²) in [7, 11) is 3.06. The van der Waals surface area contributed by atoms with Crippen molar-refractivity contribution in [3.05, 3.63) is 52.1 Å². The maximum atomic E-state index is 11.1. The van der Waals surface area contributed by atoms with Gasteiger partial charge in [-0.2, -0.15) is 5.26 Å². The molecule has 0 aliphatic heterocycles. The number of nitro benzene ring substituents is 1. The van der Waals surface area contributed by atoms with Crippen LogP contribution in [-0.4, -0.2) is 19.1 Å². The predicted molar refractivity (Wildman–Crippen MR) is 81.5 cm³/mol. The van der Waals surface area contributed by atoms with Gasteiger partial charge in [-0.25, -0.2) is 0 Å². The molecule has 0 fully saturated rings. The van der Waals surface area contributed by atoms with Crippen LogP contribution in [-0.2, 0) is 0 Å². The van der Waals surface area contributed by atoms with Gasteiger partial charge < -0.3 is 9.47 Å². The van der Waals surface area contributed by atoms with E-state index in [0.717, 1.165) is 4.90 Å². The quantitative estimate of drug-likeness (QED) is 0.618. The van der Waals surface area contributed by atoms with Crippen LogP contribution in [0, 0.1) is 21.4 Å². The number of nitriles is 1. The fraction of sp³-hybridized carbons (Fsp3) is 0.133. The summed E-state index contributed by atoms with van der Waals surface area (Å²) in [6.45, 7) is 0. The zero-order chi connectivity index (χ0) is 16.1. The lowest BCUT2D eigenvalue weighted by Crippen LogP contribution is -1.93. The van der Waals surface area contributed by atoms with Crippen LogP contribution in [0.15, 0.2) is 46.2 Å². The van der Waals surface area contributed by atoms with Crippen LogP contribution in [0.3, 0.4) is 0 Å². The summed E-state index contributed by atoms with van der Waals surface area (Å²) in [5, 5.41) is 20.0. The van der Waals surface area contributed by atoms with Crippen molar-refractivity contribution in [3.63, 3.8) is 0 Å². The molecule has 0 unspecified atom stereocenters. The largest absolute Gasteiger partial charge is 0.493 e. The van der Waals surface area contributed by atoms with E-state index < -0.39 is 4.92 Å². The van der Waals surface area contributed by atoms with Gasteiger partial charge in [-0.3, -0.25) is 10.1 Å². The summed E-state index contributed by atoms with van der Waals surface area (Å²) in [6.07, 6.45) is 0. The molecule has 6 nitrogen and oxygen atoms in total. The fourth-order valence-corrected chi connectivity index (χ4v) is 2.75. The van der Waals surface area contributed by atoms with Crippen LogP contribution in [0.4, 0.5) is 5.69 Å². The first-order valence-corrected chi connectivity index (χ1v) is 6.99. The minimum Gasteiger partial charge on any atom is -0.493 e. The molecule has 0 atom stereocenters. The Labute approximate surface area is 131 Å². The summed E-state index contributed by atoms with van der Waals surface area (Å²) in [5.41, 5.74) is 0.155. The molecule has 0 heterocycles. The van der Waals surface area contributed by atoms with Gasteiger partial charge in [0.1, 0.15) is 0 Å². The second-order valence-electron chi connectivity index (χ2n) is 4.17. The van der Waals surface area contributed by atoms with Gasteiger partial charge in [-0.05, 0) is 30.3 Å². The van der Waals surface area contributed by atoms with Crippen LogP contribution in [0.5, 0.6) is 11.5 Å². The Balaban J connectivity index is 2.39. The second-order valence-corrected chi connectivity index (χ2v) is 5.29. The van der Waals surface area contributed by atoms with Gasteiger partial charge in [-0.15, -0.1) is 0 Å². The van der Waals surface area contributed by atoms with Crippen LogP contribution in [0.25, 0.3) is 0 Å². The number of rotatable bonds is 5. The standard InChI is InChI=1S/C15H12N2O4S/c1-20-13-5-4-11(8-14(13)21-2)22-15-6-3-10(9-16)7-12(15)17(18)19/h3-8H,1-2H3. The van der Waals surface area contributed by atoms with Gasteiger partial charge in [-0.1, -0.05) is 11.8 Å². The van der Waals surface area contributed by atoms with E-state index in [1.54, 1.807) is 30.3 Å². The third kappa shape index (κ3) is 3.30. The number of benzene rings is 2. The number of methoxy groups -OCH3 is 2. The topological polar surface area (TPSA) is 85.4 Å². The van der Waals surface area contributed by atoms with Crippen LogP contribution < -0.4 is 9.47 Å². The van der Waals surface area contributed by atoms with Gasteiger partial charge in [0.15, 0.2) is 11.5 Å². The monoisotopic (exact) mass is 316 g/mol. The zero-order valence-corrected chi connectivity index (χ0v) is 12.7. The molecule has 0 bridgehead atoms. The Kier molecular flexibility index (Phi) is 4.86. The van der Waals surface area contributed by atoms with E-state index in [4.69, 9.17) is 14.7 Å². The molecule has 7 heteroatoms. The van der Waals surface area contributed by atoms with Crippen molar-refractivity contribution in [2.75, 3.05) is 14.2 Å². The van der Waals surface area contributed by atoms with Crippen LogP contribution >= 0.6 is 11.8 Å².